The largest absolute Gasteiger partial charge is 0.465 e. The Hall–Kier alpha value is -2.49. The van der Waals surface area contributed by atoms with Crippen LogP contribution in [0.1, 0.15) is 18.9 Å². The van der Waals surface area contributed by atoms with Crippen LogP contribution in [0.15, 0.2) is 12.1 Å². The molecular weight excluding hydrogens is 260 g/mol. The van der Waals surface area contributed by atoms with E-state index in [1.165, 1.54) is 0 Å². The van der Waals surface area contributed by atoms with Gasteiger partial charge in [0.05, 0.1) is 23.2 Å². The van der Waals surface area contributed by atoms with E-state index in [2.05, 4.69) is 16.6 Å². The molecule has 1 aromatic carbocycles. The zero-order valence-electron chi connectivity index (χ0n) is 9.91. The van der Waals surface area contributed by atoms with Gasteiger partial charge in [-0.1, -0.05) is 11.8 Å². The molecule has 1 aromatic rings. The molecule has 0 heterocycles. The van der Waals surface area contributed by atoms with Gasteiger partial charge in [0.2, 0.25) is 5.82 Å². The number of nitrogens with zero attached hydrogens (tertiary/aromatic N) is 1. The lowest BCUT2D eigenvalue weighted by Crippen LogP contribution is -2.01. The van der Waals surface area contributed by atoms with E-state index in [0.717, 1.165) is 0 Å². The Morgan fingerprint density at radius 1 is 1.42 bits per heavy atom. The maximum absolute atomic E-state index is 13.4. The Bertz CT molecular complexity index is 575. The fraction of sp³-hybridized carbons (Fsp3) is 0.250. The fourth-order valence-electron chi connectivity index (χ4n) is 1.20. The molecule has 0 aliphatic heterocycles. The molecule has 1 rings (SSSR count). The van der Waals surface area contributed by atoms with Gasteiger partial charge in [-0.2, -0.15) is 4.39 Å². The number of ether oxygens (including phenoxy) is 1. The number of hydrogen-bond donors (Lipinski definition) is 0. The van der Waals surface area contributed by atoms with Gasteiger partial charge in [-0.05, 0) is 13.0 Å². The second-order valence-electron chi connectivity index (χ2n) is 3.32. The van der Waals surface area contributed by atoms with Gasteiger partial charge in [0.1, 0.15) is 12.2 Å². The molecule has 0 radical (unpaired) electrons. The number of carbonyl (C=O) groups is 1. The van der Waals surface area contributed by atoms with Crippen molar-refractivity contribution in [3.63, 3.8) is 0 Å². The molecule has 0 unspecified atom stereocenters. The highest BCUT2D eigenvalue weighted by atomic mass is 19.1. The summed E-state index contributed by atoms with van der Waals surface area (Å²) in [5, 5.41) is 10.4. The number of halogens is 2. The van der Waals surface area contributed by atoms with Crippen molar-refractivity contribution in [2.75, 3.05) is 6.61 Å². The minimum atomic E-state index is -1.19. The topological polar surface area (TPSA) is 69.4 Å². The Morgan fingerprint density at radius 2 is 2.11 bits per heavy atom. The highest BCUT2D eigenvalue weighted by Crippen LogP contribution is 2.20. The molecule has 0 saturated carbocycles. The molecular formula is C12H9F2NO4. The lowest BCUT2D eigenvalue weighted by Gasteiger charge is -1.97. The van der Waals surface area contributed by atoms with E-state index in [1.54, 1.807) is 6.92 Å². The molecule has 0 aromatic heterocycles. The van der Waals surface area contributed by atoms with Crippen LogP contribution in [-0.2, 0) is 9.53 Å². The third kappa shape index (κ3) is 4.03. The molecule has 0 atom stereocenters. The van der Waals surface area contributed by atoms with Crippen LogP contribution in [0.3, 0.4) is 0 Å². The van der Waals surface area contributed by atoms with Crippen LogP contribution in [0.2, 0.25) is 0 Å². The van der Waals surface area contributed by atoms with Crippen LogP contribution in [-0.4, -0.2) is 17.5 Å². The highest BCUT2D eigenvalue weighted by Gasteiger charge is 2.17. The van der Waals surface area contributed by atoms with Crippen molar-refractivity contribution in [1.82, 2.24) is 0 Å². The number of hydrogen-bond acceptors (Lipinski definition) is 4. The van der Waals surface area contributed by atoms with Gasteiger partial charge in [0.15, 0.2) is 0 Å². The normalized spacial score (nSPS) is 9.42. The standard InChI is InChI=1S/C12H9F2NO4/c1-2-19-12(16)5-3-4-8-6-10(14)11(15(17)18)7-9(8)13/h6-7H,2,5H2,1H3. The van der Waals surface area contributed by atoms with E-state index in [-0.39, 0.29) is 18.6 Å². The molecule has 19 heavy (non-hydrogen) atoms. The van der Waals surface area contributed by atoms with E-state index in [1.807, 2.05) is 0 Å². The third-order valence-corrected chi connectivity index (χ3v) is 1.99. The van der Waals surface area contributed by atoms with Crippen LogP contribution in [0.4, 0.5) is 14.5 Å². The van der Waals surface area contributed by atoms with Crippen molar-refractivity contribution in [2.45, 2.75) is 13.3 Å². The summed E-state index contributed by atoms with van der Waals surface area (Å²) in [5.41, 5.74) is -1.32. The van der Waals surface area contributed by atoms with Gasteiger partial charge < -0.3 is 4.74 Å². The monoisotopic (exact) mass is 269 g/mol. The Balaban J connectivity index is 2.92. The summed E-state index contributed by atoms with van der Waals surface area (Å²) in [5.74, 6) is 1.73. The molecule has 0 bridgehead atoms. The van der Waals surface area contributed by atoms with Crippen molar-refractivity contribution >= 4 is 11.7 Å². The SMILES string of the molecule is CCOC(=O)CC#Cc1cc(F)c([N+](=O)[O-])cc1F. The molecule has 0 spiro atoms. The molecule has 0 aliphatic carbocycles. The van der Waals surface area contributed by atoms with Crippen LogP contribution in [0.5, 0.6) is 0 Å². The van der Waals surface area contributed by atoms with E-state index in [9.17, 15) is 23.7 Å². The first kappa shape index (κ1) is 14.6. The van der Waals surface area contributed by atoms with E-state index in [4.69, 9.17) is 0 Å². The quantitative estimate of drug-likeness (QED) is 0.365. The van der Waals surface area contributed by atoms with Gasteiger partial charge in [0.25, 0.3) is 0 Å². The van der Waals surface area contributed by atoms with Crippen molar-refractivity contribution in [3.8, 4) is 11.8 Å². The average molecular weight is 269 g/mol. The molecule has 0 N–H and O–H groups in total. The van der Waals surface area contributed by atoms with Crippen molar-refractivity contribution in [1.29, 1.82) is 0 Å². The van der Waals surface area contributed by atoms with Crippen molar-refractivity contribution in [3.05, 3.63) is 39.4 Å². The predicted octanol–water partition coefficient (Wildman–Crippen LogP) is 2.18. The molecule has 100 valence electrons. The molecule has 0 aliphatic rings. The summed E-state index contributed by atoms with van der Waals surface area (Å²) in [7, 11) is 0. The van der Waals surface area contributed by atoms with E-state index in [0.29, 0.717) is 12.1 Å². The number of carbonyl (C=O) groups excluding carboxylic acids is 1. The molecule has 7 heteroatoms. The summed E-state index contributed by atoms with van der Waals surface area (Å²) < 4.78 is 31.2. The lowest BCUT2D eigenvalue weighted by atomic mass is 10.2. The summed E-state index contributed by atoms with van der Waals surface area (Å²) in [6.07, 6.45) is -0.272. The van der Waals surface area contributed by atoms with Gasteiger partial charge in [0, 0.05) is 0 Å². The number of nitro groups is 1. The van der Waals surface area contributed by atoms with E-state index < -0.39 is 28.2 Å². The van der Waals surface area contributed by atoms with Gasteiger partial charge in [-0.25, -0.2) is 4.39 Å². The molecule has 0 amide bonds. The molecule has 0 saturated heterocycles. The number of esters is 1. The smallest absolute Gasteiger partial charge is 0.317 e. The first-order valence-corrected chi connectivity index (χ1v) is 5.23. The second kappa shape index (κ2) is 6.44. The van der Waals surface area contributed by atoms with Crippen LogP contribution >= 0.6 is 0 Å². The van der Waals surface area contributed by atoms with Crippen molar-refractivity contribution < 1.29 is 23.2 Å². The summed E-state index contributed by atoms with van der Waals surface area (Å²) in [6, 6.07) is 1.06. The third-order valence-electron chi connectivity index (χ3n) is 1.99. The predicted molar refractivity (Wildman–Crippen MR) is 61.1 cm³/mol. The van der Waals surface area contributed by atoms with Crippen LogP contribution < -0.4 is 0 Å². The Labute approximate surface area is 107 Å². The number of benzene rings is 1. The maximum atomic E-state index is 13.4. The number of rotatable bonds is 3. The Morgan fingerprint density at radius 3 is 2.68 bits per heavy atom. The lowest BCUT2D eigenvalue weighted by molar-refractivity contribution is -0.387. The molecule has 0 fully saturated rings. The maximum Gasteiger partial charge on any atom is 0.317 e. The highest BCUT2D eigenvalue weighted by molar-refractivity contribution is 5.72. The fourth-order valence-corrected chi connectivity index (χ4v) is 1.20. The Kier molecular flexibility index (Phi) is 4.94. The first-order chi connectivity index (χ1) is 8.95. The van der Waals surface area contributed by atoms with Gasteiger partial charge in [-0.15, -0.1) is 0 Å². The minimum Gasteiger partial charge on any atom is -0.465 e. The average Bonchev–Trinajstić information content (AvgIpc) is 2.33. The number of nitro benzene ring substituents is 1. The zero-order chi connectivity index (χ0) is 14.4. The minimum absolute atomic E-state index is 0.195. The summed E-state index contributed by atoms with van der Waals surface area (Å²) in [6.45, 7) is 1.82. The van der Waals surface area contributed by atoms with E-state index >= 15 is 0 Å². The summed E-state index contributed by atoms with van der Waals surface area (Å²) >= 11 is 0. The first-order valence-electron chi connectivity index (χ1n) is 5.23. The van der Waals surface area contributed by atoms with Gasteiger partial charge >= 0.3 is 11.7 Å². The second-order valence-corrected chi connectivity index (χ2v) is 3.32. The zero-order valence-corrected chi connectivity index (χ0v) is 9.91. The van der Waals surface area contributed by atoms with Crippen LogP contribution in [0.25, 0.3) is 0 Å². The molecule has 5 nitrogen and oxygen atoms in total. The van der Waals surface area contributed by atoms with Gasteiger partial charge in [-0.3, -0.25) is 14.9 Å². The van der Waals surface area contributed by atoms with Crippen molar-refractivity contribution in [2.24, 2.45) is 0 Å². The van der Waals surface area contributed by atoms with Crippen LogP contribution in [0, 0.1) is 33.6 Å². The summed E-state index contributed by atoms with van der Waals surface area (Å²) in [4.78, 5) is 20.3.